The van der Waals surface area contributed by atoms with Gasteiger partial charge in [-0.05, 0) is 74.6 Å². The van der Waals surface area contributed by atoms with Gasteiger partial charge in [0.05, 0.1) is 19.8 Å². The van der Waals surface area contributed by atoms with E-state index in [2.05, 4.69) is 36.1 Å². The summed E-state index contributed by atoms with van der Waals surface area (Å²) in [5, 5.41) is 0. The predicted octanol–water partition coefficient (Wildman–Crippen LogP) is 4.14. The standard InChI is InChI=1S/C24H26O4/c1-2-26-22-15-13-21(14-16-22)12-11-20-9-7-19(8-10-20)6-4-3-5-17-27-24(25)23-18-28-23/h7-10,13-16,23H,2-6,17-18H2,1H3. The maximum Gasteiger partial charge on any atom is 0.337 e. The largest absolute Gasteiger partial charge is 0.494 e. The van der Waals surface area contributed by atoms with Crippen LogP contribution in [0.15, 0.2) is 48.5 Å². The normalized spacial score (nSPS) is 14.7. The van der Waals surface area contributed by atoms with Crippen molar-refractivity contribution in [2.75, 3.05) is 19.8 Å². The quantitative estimate of drug-likeness (QED) is 0.285. The molecule has 2 aromatic carbocycles. The van der Waals surface area contributed by atoms with E-state index in [0.717, 1.165) is 42.6 Å². The SMILES string of the molecule is CCOc1ccc(C#Cc2ccc(CCCCCOC(=O)C3CO3)cc2)cc1. The van der Waals surface area contributed by atoms with Gasteiger partial charge in [0, 0.05) is 11.1 Å². The molecular formula is C24H26O4. The van der Waals surface area contributed by atoms with E-state index in [-0.39, 0.29) is 12.1 Å². The van der Waals surface area contributed by atoms with Crippen LogP contribution in [0.3, 0.4) is 0 Å². The summed E-state index contributed by atoms with van der Waals surface area (Å²) in [6.07, 6.45) is 3.74. The van der Waals surface area contributed by atoms with Crippen LogP contribution < -0.4 is 4.74 Å². The Morgan fingerprint density at radius 2 is 1.64 bits per heavy atom. The number of hydrogen-bond acceptors (Lipinski definition) is 4. The van der Waals surface area contributed by atoms with E-state index in [9.17, 15) is 4.79 Å². The number of esters is 1. The first-order chi connectivity index (χ1) is 13.7. The highest BCUT2D eigenvalue weighted by molar-refractivity contribution is 5.76. The Hall–Kier alpha value is -2.77. The molecule has 0 amide bonds. The second-order valence-corrected chi connectivity index (χ2v) is 6.70. The van der Waals surface area contributed by atoms with Crippen molar-refractivity contribution in [3.63, 3.8) is 0 Å². The fourth-order valence-corrected chi connectivity index (χ4v) is 2.76. The maximum atomic E-state index is 11.3. The molecule has 2 aromatic rings. The molecule has 146 valence electrons. The molecule has 1 unspecified atom stereocenters. The summed E-state index contributed by atoms with van der Waals surface area (Å²) in [7, 11) is 0. The van der Waals surface area contributed by atoms with Gasteiger partial charge in [-0.25, -0.2) is 4.79 Å². The van der Waals surface area contributed by atoms with Crippen LogP contribution in [0, 0.1) is 11.8 Å². The van der Waals surface area contributed by atoms with Crippen molar-refractivity contribution in [3.05, 3.63) is 65.2 Å². The van der Waals surface area contributed by atoms with E-state index in [4.69, 9.17) is 14.2 Å². The number of carbonyl (C=O) groups is 1. The minimum atomic E-state index is -0.295. The summed E-state index contributed by atoms with van der Waals surface area (Å²) < 4.78 is 15.5. The lowest BCUT2D eigenvalue weighted by Crippen LogP contribution is -2.12. The molecule has 1 saturated heterocycles. The smallest absolute Gasteiger partial charge is 0.337 e. The van der Waals surface area contributed by atoms with Crippen molar-refractivity contribution >= 4 is 5.97 Å². The topological polar surface area (TPSA) is 48.1 Å². The van der Waals surface area contributed by atoms with Crippen LogP contribution in [-0.2, 0) is 20.7 Å². The number of aryl methyl sites for hydroxylation is 1. The van der Waals surface area contributed by atoms with Gasteiger partial charge < -0.3 is 14.2 Å². The van der Waals surface area contributed by atoms with Crippen LogP contribution in [0.5, 0.6) is 5.75 Å². The minimum Gasteiger partial charge on any atom is -0.494 e. The molecular weight excluding hydrogens is 352 g/mol. The molecule has 4 heteroatoms. The maximum absolute atomic E-state index is 11.3. The summed E-state index contributed by atoms with van der Waals surface area (Å²) in [5.41, 5.74) is 3.28. The van der Waals surface area contributed by atoms with Gasteiger partial charge in [-0.15, -0.1) is 0 Å². The monoisotopic (exact) mass is 378 g/mol. The third-order valence-electron chi connectivity index (χ3n) is 4.42. The third kappa shape index (κ3) is 6.75. The number of epoxide rings is 1. The zero-order valence-corrected chi connectivity index (χ0v) is 16.3. The molecule has 1 fully saturated rings. The second-order valence-electron chi connectivity index (χ2n) is 6.70. The van der Waals surface area contributed by atoms with Crippen LogP contribution in [0.25, 0.3) is 0 Å². The number of benzene rings is 2. The number of ether oxygens (including phenoxy) is 3. The summed E-state index contributed by atoms with van der Waals surface area (Å²) in [4.78, 5) is 11.3. The van der Waals surface area contributed by atoms with E-state index in [1.807, 2.05) is 31.2 Å². The molecule has 1 aliphatic rings. The van der Waals surface area contributed by atoms with Gasteiger partial charge in [0.25, 0.3) is 0 Å². The van der Waals surface area contributed by atoms with Gasteiger partial charge in [0.2, 0.25) is 0 Å². The number of rotatable bonds is 9. The van der Waals surface area contributed by atoms with Gasteiger partial charge in [0.1, 0.15) is 5.75 Å². The fourth-order valence-electron chi connectivity index (χ4n) is 2.76. The summed E-state index contributed by atoms with van der Waals surface area (Å²) in [5.74, 6) is 7.03. The second kappa shape index (κ2) is 10.5. The Morgan fingerprint density at radius 1 is 1.00 bits per heavy atom. The van der Waals surface area contributed by atoms with Crippen LogP contribution in [-0.4, -0.2) is 31.9 Å². The fraction of sp³-hybridized carbons (Fsp3) is 0.375. The lowest BCUT2D eigenvalue weighted by molar-refractivity contribution is -0.145. The average molecular weight is 378 g/mol. The van der Waals surface area contributed by atoms with Crippen LogP contribution in [0.2, 0.25) is 0 Å². The van der Waals surface area contributed by atoms with E-state index < -0.39 is 0 Å². The van der Waals surface area contributed by atoms with Crippen molar-refractivity contribution in [2.24, 2.45) is 0 Å². The summed E-state index contributed by atoms with van der Waals surface area (Å²) in [6, 6.07) is 16.2. The predicted molar refractivity (Wildman–Crippen MR) is 108 cm³/mol. The number of hydrogen-bond donors (Lipinski definition) is 0. The molecule has 1 aliphatic heterocycles. The van der Waals surface area contributed by atoms with E-state index in [0.29, 0.717) is 19.8 Å². The molecule has 28 heavy (non-hydrogen) atoms. The molecule has 0 saturated carbocycles. The Labute approximate surface area is 166 Å². The Balaban J connectivity index is 1.37. The van der Waals surface area contributed by atoms with Crippen LogP contribution in [0.4, 0.5) is 0 Å². The average Bonchev–Trinajstić information content (AvgIpc) is 3.56. The van der Waals surface area contributed by atoms with Gasteiger partial charge in [-0.3, -0.25) is 0 Å². The van der Waals surface area contributed by atoms with Gasteiger partial charge in [-0.1, -0.05) is 24.0 Å². The van der Waals surface area contributed by atoms with Crippen molar-refractivity contribution in [1.29, 1.82) is 0 Å². The number of unbranched alkanes of at least 4 members (excludes halogenated alkanes) is 2. The van der Waals surface area contributed by atoms with Crippen molar-refractivity contribution < 1.29 is 19.0 Å². The van der Waals surface area contributed by atoms with Crippen molar-refractivity contribution in [3.8, 4) is 17.6 Å². The molecule has 4 nitrogen and oxygen atoms in total. The molecule has 0 aliphatic carbocycles. The molecule has 0 N–H and O–H groups in total. The van der Waals surface area contributed by atoms with Gasteiger partial charge in [0.15, 0.2) is 6.10 Å². The molecule has 0 bridgehead atoms. The molecule has 0 aromatic heterocycles. The van der Waals surface area contributed by atoms with Gasteiger partial charge in [-0.2, -0.15) is 0 Å². The van der Waals surface area contributed by atoms with Gasteiger partial charge >= 0.3 is 5.97 Å². The first kappa shape index (κ1) is 20.0. The van der Waals surface area contributed by atoms with Crippen LogP contribution >= 0.6 is 0 Å². The lowest BCUT2D eigenvalue weighted by atomic mass is 10.1. The first-order valence-corrected chi connectivity index (χ1v) is 9.86. The number of carbonyl (C=O) groups excluding carboxylic acids is 1. The van der Waals surface area contributed by atoms with E-state index >= 15 is 0 Å². The molecule has 0 spiro atoms. The Kier molecular flexibility index (Phi) is 7.52. The summed E-state index contributed by atoms with van der Waals surface area (Å²) >= 11 is 0. The van der Waals surface area contributed by atoms with Crippen molar-refractivity contribution in [2.45, 2.75) is 38.7 Å². The zero-order chi connectivity index (χ0) is 19.6. The molecule has 1 heterocycles. The molecule has 0 radical (unpaired) electrons. The molecule has 1 atom stereocenters. The highest BCUT2D eigenvalue weighted by Gasteiger charge is 2.32. The van der Waals surface area contributed by atoms with E-state index in [1.54, 1.807) is 0 Å². The summed E-state index contributed by atoms with van der Waals surface area (Å²) in [6.45, 7) is 3.64. The van der Waals surface area contributed by atoms with Crippen LogP contribution in [0.1, 0.15) is 42.9 Å². The highest BCUT2D eigenvalue weighted by atomic mass is 16.6. The lowest BCUT2D eigenvalue weighted by Gasteiger charge is -2.04. The van der Waals surface area contributed by atoms with Crippen molar-refractivity contribution in [1.82, 2.24) is 0 Å². The van der Waals surface area contributed by atoms with E-state index in [1.165, 1.54) is 5.56 Å². The first-order valence-electron chi connectivity index (χ1n) is 9.86. The minimum absolute atomic E-state index is 0.220. The Morgan fingerprint density at radius 3 is 2.25 bits per heavy atom. The third-order valence-corrected chi connectivity index (χ3v) is 4.42. The zero-order valence-electron chi connectivity index (χ0n) is 16.3. The molecule has 3 rings (SSSR count). The highest BCUT2D eigenvalue weighted by Crippen LogP contribution is 2.13. The Bertz CT molecular complexity index is 808.